The van der Waals surface area contributed by atoms with Crippen LogP contribution < -0.4 is 10.9 Å². The molecule has 0 spiro atoms. The average Bonchev–Trinajstić information content (AvgIpc) is 2.51. The van der Waals surface area contributed by atoms with Crippen LogP contribution in [0.4, 0.5) is 11.6 Å². The van der Waals surface area contributed by atoms with Crippen molar-refractivity contribution in [1.82, 2.24) is 9.97 Å². The first-order chi connectivity index (χ1) is 11.9. The quantitative estimate of drug-likeness (QED) is 0.715. The number of rotatable bonds is 4. The van der Waals surface area contributed by atoms with E-state index in [4.69, 9.17) is 11.6 Å². The Labute approximate surface area is 151 Å². The lowest BCUT2D eigenvalue weighted by Gasteiger charge is -2.10. The molecule has 128 valence electrons. The maximum absolute atomic E-state index is 12.5. The van der Waals surface area contributed by atoms with Gasteiger partial charge in [0.1, 0.15) is 0 Å². The SMILES string of the molecule is Cc1cc(C)cc(Nc2nc(C)c(Cc3ccc(Cl)cc3)c(=O)[nH]2)c1. The number of aryl methyl sites for hydroxylation is 3. The highest BCUT2D eigenvalue weighted by Gasteiger charge is 2.10. The second-order valence-electron chi connectivity index (χ2n) is 6.28. The maximum Gasteiger partial charge on any atom is 0.256 e. The van der Waals surface area contributed by atoms with Crippen LogP contribution in [0.2, 0.25) is 5.02 Å². The zero-order chi connectivity index (χ0) is 18.0. The third-order valence-corrected chi connectivity index (χ3v) is 4.25. The molecule has 2 N–H and O–H groups in total. The fourth-order valence-electron chi connectivity index (χ4n) is 2.87. The number of hydrogen-bond acceptors (Lipinski definition) is 3. The van der Waals surface area contributed by atoms with E-state index < -0.39 is 0 Å². The van der Waals surface area contributed by atoms with Crippen molar-refractivity contribution in [3.05, 3.63) is 85.8 Å². The molecular formula is C20H20ClN3O. The summed E-state index contributed by atoms with van der Waals surface area (Å²) in [5.41, 5.74) is 5.48. The van der Waals surface area contributed by atoms with Gasteiger partial charge in [0.2, 0.25) is 5.95 Å². The molecule has 0 aliphatic heterocycles. The number of halogens is 1. The average molecular weight is 354 g/mol. The first-order valence-electron chi connectivity index (χ1n) is 8.10. The summed E-state index contributed by atoms with van der Waals surface area (Å²) < 4.78 is 0. The minimum atomic E-state index is -0.130. The smallest absolute Gasteiger partial charge is 0.256 e. The van der Waals surface area contributed by atoms with Crippen molar-refractivity contribution in [1.29, 1.82) is 0 Å². The molecule has 0 fully saturated rings. The van der Waals surface area contributed by atoms with Gasteiger partial charge < -0.3 is 5.32 Å². The van der Waals surface area contributed by atoms with Gasteiger partial charge in [0.15, 0.2) is 0 Å². The predicted octanol–water partition coefficient (Wildman–Crippen LogP) is 4.68. The number of benzene rings is 2. The molecule has 0 bridgehead atoms. The van der Waals surface area contributed by atoms with Gasteiger partial charge in [-0.15, -0.1) is 0 Å². The Morgan fingerprint density at radius 1 is 1.04 bits per heavy atom. The Bertz CT molecular complexity index is 941. The Balaban J connectivity index is 1.87. The van der Waals surface area contributed by atoms with Crippen LogP contribution in [-0.2, 0) is 6.42 Å². The van der Waals surface area contributed by atoms with E-state index in [-0.39, 0.29) is 5.56 Å². The summed E-state index contributed by atoms with van der Waals surface area (Å²) in [5.74, 6) is 0.451. The van der Waals surface area contributed by atoms with Crippen molar-refractivity contribution in [2.75, 3.05) is 5.32 Å². The van der Waals surface area contributed by atoms with Gasteiger partial charge in [-0.25, -0.2) is 4.98 Å². The molecule has 3 rings (SSSR count). The Morgan fingerprint density at radius 3 is 2.28 bits per heavy atom. The molecule has 1 heterocycles. The van der Waals surface area contributed by atoms with Gasteiger partial charge in [0.05, 0.1) is 5.69 Å². The Morgan fingerprint density at radius 2 is 1.68 bits per heavy atom. The van der Waals surface area contributed by atoms with Gasteiger partial charge >= 0.3 is 0 Å². The second-order valence-corrected chi connectivity index (χ2v) is 6.72. The number of nitrogens with zero attached hydrogens (tertiary/aromatic N) is 1. The number of nitrogens with one attached hydrogen (secondary N) is 2. The van der Waals surface area contributed by atoms with Gasteiger partial charge in [0, 0.05) is 22.7 Å². The van der Waals surface area contributed by atoms with Crippen molar-refractivity contribution in [3.63, 3.8) is 0 Å². The minimum absolute atomic E-state index is 0.130. The topological polar surface area (TPSA) is 57.8 Å². The molecule has 0 aliphatic rings. The van der Waals surface area contributed by atoms with Crippen molar-refractivity contribution in [3.8, 4) is 0 Å². The highest BCUT2D eigenvalue weighted by Crippen LogP contribution is 2.18. The third-order valence-electron chi connectivity index (χ3n) is 4.00. The fourth-order valence-corrected chi connectivity index (χ4v) is 2.99. The number of aromatic amines is 1. The van der Waals surface area contributed by atoms with Crippen molar-refractivity contribution in [2.45, 2.75) is 27.2 Å². The van der Waals surface area contributed by atoms with Crippen LogP contribution in [0.15, 0.2) is 47.3 Å². The van der Waals surface area contributed by atoms with Gasteiger partial charge in [-0.05, 0) is 61.7 Å². The first kappa shape index (κ1) is 17.2. The third kappa shape index (κ3) is 4.28. The summed E-state index contributed by atoms with van der Waals surface area (Å²) in [4.78, 5) is 19.8. The Kier molecular flexibility index (Phi) is 4.91. The zero-order valence-electron chi connectivity index (χ0n) is 14.5. The Hall–Kier alpha value is -2.59. The van der Waals surface area contributed by atoms with Crippen LogP contribution in [0.3, 0.4) is 0 Å². The molecule has 0 amide bonds. The summed E-state index contributed by atoms with van der Waals surface area (Å²) in [6.07, 6.45) is 0.523. The van der Waals surface area contributed by atoms with Crippen LogP contribution in [0.1, 0.15) is 27.9 Å². The molecule has 5 heteroatoms. The highest BCUT2D eigenvalue weighted by molar-refractivity contribution is 6.30. The minimum Gasteiger partial charge on any atom is -0.326 e. The lowest BCUT2D eigenvalue weighted by atomic mass is 10.1. The normalized spacial score (nSPS) is 10.7. The number of aromatic nitrogens is 2. The van der Waals surface area contributed by atoms with E-state index in [1.807, 2.05) is 57.2 Å². The van der Waals surface area contributed by atoms with E-state index in [0.29, 0.717) is 28.6 Å². The molecular weight excluding hydrogens is 334 g/mol. The lowest BCUT2D eigenvalue weighted by Crippen LogP contribution is -2.18. The van der Waals surface area contributed by atoms with E-state index in [1.54, 1.807) is 0 Å². The molecule has 2 aromatic carbocycles. The van der Waals surface area contributed by atoms with E-state index in [1.165, 1.54) is 0 Å². The summed E-state index contributed by atoms with van der Waals surface area (Å²) >= 11 is 5.91. The van der Waals surface area contributed by atoms with Gasteiger partial charge in [-0.1, -0.05) is 29.8 Å². The molecule has 25 heavy (non-hydrogen) atoms. The van der Waals surface area contributed by atoms with E-state index in [9.17, 15) is 4.79 Å². The zero-order valence-corrected chi connectivity index (χ0v) is 15.2. The molecule has 0 aliphatic carbocycles. The van der Waals surface area contributed by atoms with Crippen LogP contribution in [0.5, 0.6) is 0 Å². The van der Waals surface area contributed by atoms with Crippen molar-refractivity contribution < 1.29 is 0 Å². The maximum atomic E-state index is 12.5. The highest BCUT2D eigenvalue weighted by atomic mass is 35.5. The van der Waals surface area contributed by atoms with E-state index in [2.05, 4.69) is 21.4 Å². The van der Waals surface area contributed by atoms with Crippen LogP contribution in [0.25, 0.3) is 0 Å². The molecule has 3 aromatic rings. The molecule has 0 saturated carbocycles. The summed E-state index contributed by atoms with van der Waals surface area (Å²) in [6, 6.07) is 13.6. The molecule has 1 aromatic heterocycles. The molecule has 0 atom stereocenters. The van der Waals surface area contributed by atoms with E-state index in [0.717, 1.165) is 22.4 Å². The van der Waals surface area contributed by atoms with Crippen LogP contribution in [0, 0.1) is 20.8 Å². The van der Waals surface area contributed by atoms with E-state index >= 15 is 0 Å². The van der Waals surface area contributed by atoms with Gasteiger partial charge in [-0.2, -0.15) is 0 Å². The fraction of sp³-hybridized carbons (Fsp3) is 0.200. The van der Waals surface area contributed by atoms with Gasteiger partial charge in [-0.3, -0.25) is 9.78 Å². The van der Waals surface area contributed by atoms with Crippen molar-refractivity contribution in [2.24, 2.45) is 0 Å². The first-order valence-corrected chi connectivity index (χ1v) is 8.48. The summed E-state index contributed by atoms with van der Waals surface area (Å²) in [7, 11) is 0. The lowest BCUT2D eigenvalue weighted by molar-refractivity contribution is 0.985. The number of anilines is 2. The number of H-pyrrole nitrogens is 1. The summed E-state index contributed by atoms with van der Waals surface area (Å²) in [6.45, 7) is 5.93. The summed E-state index contributed by atoms with van der Waals surface area (Å²) in [5, 5.41) is 3.86. The standard InChI is InChI=1S/C20H20ClN3O/c1-12-8-13(2)10-17(9-12)23-20-22-14(3)18(19(25)24-20)11-15-4-6-16(21)7-5-15/h4-10H,11H2,1-3H3,(H2,22,23,24,25). The van der Waals surface area contributed by atoms with Crippen LogP contribution >= 0.6 is 11.6 Å². The number of hydrogen-bond donors (Lipinski definition) is 2. The monoisotopic (exact) mass is 353 g/mol. The van der Waals surface area contributed by atoms with Crippen molar-refractivity contribution >= 4 is 23.2 Å². The second kappa shape index (κ2) is 7.11. The predicted molar refractivity (Wildman–Crippen MR) is 103 cm³/mol. The van der Waals surface area contributed by atoms with Gasteiger partial charge in [0.25, 0.3) is 5.56 Å². The molecule has 0 unspecified atom stereocenters. The molecule has 0 radical (unpaired) electrons. The largest absolute Gasteiger partial charge is 0.326 e. The molecule has 4 nitrogen and oxygen atoms in total. The molecule has 0 saturated heterocycles. The van der Waals surface area contributed by atoms with Crippen LogP contribution in [-0.4, -0.2) is 9.97 Å².